The van der Waals surface area contributed by atoms with Crippen LogP contribution in [0.4, 0.5) is 15.8 Å². The van der Waals surface area contributed by atoms with Crippen LogP contribution < -0.4 is 5.32 Å². The highest BCUT2D eigenvalue weighted by Crippen LogP contribution is 2.38. The maximum absolute atomic E-state index is 13.3. The molecule has 17 heavy (non-hydrogen) atoms. The Kier molecular flexibility index (Phi) is 2.95. The number of nitro benzene ring substituents is 1. The van der Waals surface area contributed by atoms with E-state index >= 15 is 0 Å². The molecule has 0 unspecified atom stereocenters. The molecule has 0 bridgehead atoms. The van der Waals surface area contributed by atoms with Crippen LogP contribution in [-0.4, -0.2) is 10.5 Å². The smallest absolute Gasteiger partial charge is 0.294 e. The zero-order valence-electron chi connectivity index (χ0n) is 9.30. The fourth-order valence-electron chi connectivity index (χ4n) is 1.94. The van der Waals surface area contributed by atoms with Crippen LogP contribution in [0.1, 0.15) is 26.2 Å². The first-order valence-corrected chi connectivity index (χ1v) is 5.71. The number of hydrogen-bond acceptors (Lipinski definition) is 3. The highest BCUT2D eigenvalue weighted by atomic mass is 35.5. The van der Waals surface area contributed by atoms with Crippen molar-refractivity contribution in [3.63, 3.8) is 0 Å². The third kappa shape index (κ3) is 2.34. The standard InChI is InChI=1S/C11H12ClFN2O2/c1-11(3-2-4-11)14-9-6-8(13)7(12)5-10(9)15(16)17/h5-6,14H,2-4H2,1H3. The summed E-state index contributed by atoms with van der Waals surface area (Å²) in [6.45, 7) is 1.97. The Morgan fingerprint density at radius 1 is 1.53 bits per heavy atom. The maximum atomic E-state index is 13.3. The summed E-state index contributed by atoms with van der Waals surface area (Å²) >= 11 is 5.54. The van der Waals surface area contributed by atoms with Gasteiger partial charge in [0, 0.05) is 17.7 Å². The molecule has 1 aliphatic carbocycles. The van der Waals surface area contributed by atoms with Crippen molar-refractivity contribution in [2.45, 2.75) is 31.7 Å². The molecule has 1 aromatic rings. The van der Waals surface area contributed by atoms with Crippen LogP contribution in [0.15, 0.2) is 12.1 Å². The van der Waals surface area contributed by atoms with Gasteiger partial charge in [0.05, 0.1) is 9.95 Å². The van der Waals surface area contributed by atoms with Crippen LogP contribution in [0.2, 0.25) is 5.02 Å². The van der Waals surface area contributed by atoms with Crippen LogP contribution in [0, 0.1) is 15.9 Å². The van der Waals surface area contributed by atoms with Crippen LogP contribution in [-0.2, 0) is 0 Å². The first-order valence-electron chi connectivity index (χ1n) is 5.33. The van der Waals surface area contributed by atoms with E-state index in [0.29, 0.717) is 0 Å². The van der Waals surface area contributed by atoms with Crippen molar-refractivity contribution in [1.29, 1.82) is 0 Å². The summed E-state index contributed by atoms with van der Waals surface area (Å²) in [5, 5.41) is 13.7. The van der Waals surface area contributed by atoms with Gasteiger partial charge in [0.1, 0.15) is 11.5 Å². The molecule has 0 aromatic heterocycles. The largest absolute Gasteiger partial charge is 0.374 e. The van der Waals surface area contributed by atoms with Crippen molar-refractivity contribution in [3.8, 4) is 0 Å². The van der Waals surface area contributed by atoms with E-state index in [-0.39, 0.29) is 21.9 Å². The van der Waals surface area contributed by atoms with E-state index in [1.54, 1.807) is 0 Å². The Bertz CT molecular complexity index is 475. The third-order valence-electron chi connectivity index (χ3n) is 3.13. The molecule has 1 fully saturated rings. The molecular formula is C11H12ClFN2O2. The van der Waals surface area contributed by atoms with Crippen molar-refractivity contribution >= 4 is 23.0 Å². The van der Waals surface area contributed by atoms with Crippen LogP contribution >= 0.6 is 11.6 Å². The van der Waals surface area contributed by atoms with Crippen molar-refractivity contribution in [1.82, 2.24) is 0 Å². The minimum Gasteiger partial charge on any atom is -0.374 e. The number of nitrogens with one attached hydrogen (secondary N) is 1. The number of hydrogen-bond donors (Lipinski definition) is 1. The predicted molar refractivity (Wildman–Crippen MR) is 63.9 cm³/mol. The van der Waals surface area contributed by atoms with Gasteiger partial charge in [-0.05, 0) is 26.2 Å². The Morgan fingerprint density at radius 3 is 2.65 bits per heavy atom. The van der Waals surface area contributed by atoms with Gasteiger partial charge in [-0.1, -0.05) is 11.6 Å². The average molecular weight is 259 g/mol. The summed E-state index contributed by atoms with van der Waals surface area (Å²) in [4.78, 5) is 10.3. The molecule has 1 N–H and O–H groups in total. The van der Waals surface area contributed by atoms with Gasteiger partial charge in [0.2, 0.25) is 0 Å². The molecule has 4 nitrogen and oxygen atoms in total. The second-order valence-electron chi connectivity index (χ2n) is 4.58. The van der Waals surface area contributed by atoms with Crippen molar-refractivity contribution in [2.24, 2.45) is 0 Å². The van der Waals surface area contributed by atoms with Gasteiger partial charge in [-0.15, -0.1) is 0 Å². The van der Waals surface area contributed by atoms with Crippen LogP contribution in [0.25, 0.3) is 0 Å². The molecule has 1 aromatic carbocycles. The maximum Gasteiger partial charge on any atom is 0.294 e. The molecule has 0 saturated heterocycles. The van der Waals surface area contributed by atoms with Gasteiger partial charge in [-0.25, -0.2) is 4.39 Å². The molecular weight excluding hydrogens is 247 g/mol. The SMILES string of the molecule is CC1(Nc2cc(F)c(Cl)cc2[N+](=O)[O-])CCC1. The first-order chi connectivity index (χ1) is 7.91. The second kappa shape index (κ2) is 4.14. The topological polar surface area (TPSA) is 55.2 Å². The first kappa shape index (κ1) is 12.1. The number of halogens is 2. The Hall–Kier alpha value is -1.36. The molecule has 1 saturated carbocycles. The van der Waals surface area contributed by atoms with Gasteiger partial charge in [-0.2, -0.15) is 0 Å². The van der Waals surface area contributed by atoms with E-state index in [1.807, 2.05) is 6.92 Å². The summed E-state index contributed by atoms with van der Waals surface area (Å²) in [7, 11) is 0. The summed E-state index contributed by atoms with van der Waals surface area (Å²) in [6, 6.07) is 2.13. The summed E-state index contributed by atoms with van der Waals surface area (Å²) < 4.78 is 13.3. The molecule has 0 aliphatic heterocycles. The van der Waals surface area contributed by atoms with E-state index in [2.05, 4.69) is 5.32 Å². The molecule has 1 aliphatic rings. The number of nitro groups is 1. The van der Waals surface area contributed by atoms with E-state index < -0.39 is 10.7 Å². The summed E-state index contributed by atoms with van der Waals surface area (Å²) in [5.41, 5.74) is -0.172. The highest BCUT2D eigenvalue weighted by molar-refractivity contribution is 6.31. The fourth-order valence-corrected chi connectivity index (χ4v) is 2.10. The summed E-state index contributed by atoms with van der Waals surface area (Å²) in [6.07, 6.45) is 2.93. The molecule has 0 amide bonds. The number of benzene rings is 1. The molecule has 2 rings (SSSR count). The normalized spacial score (nSPS) is 17.4. The van der Waals surface area contributed by atoms with Crippen molar-refractivity contribution in [3.05, 3.63) is 33.1 Å². The van der Waals surface area contributed by atoms with Gasteiger partial charge in [-0.3, -0.25) is 10.1 Å². The quantitative estimate of drug-likeness (QED) is 0.664. The monoisotopic (exact) mass is 258 g/mol. The third-order valence-corrected chi connectivity index (χ3v) is 3.42. The van der Waals surface area contributed by atoms with Gasteiger partial charge in [0.15, 0.2) is 0 Å². The number of nitrogens with zero attached hydrogens (tertiary/aromatic N) is 1. The lowest BCUT2D eigenvalue weighted by atomic mass is 9.78. The lowest BCUT2D eigenvalue weighted by Gasteiger charge is -2.39. The fraction of sp³-hybridized carbons (Fsp3) is 0.455. The van der Waals surface area contributed by atoms with Gasteiger partial charge in [0.25, 0.3) is 5.69 Å². The molecule has 92 valence electrons. The van der Waals surface area contributed by atoms with Crippen molar-refractivity contribution in [2.75, 3.05) is 5.32 Å². The Balaban J connectivity index is 2.37. The van der Waals surface area contributed by atoms with Crippen LogP contribution in [0.3, 0.4) is 0 Å². The van der Waals surface area contributed by atoms with Crippen LogP contribution in [0.5, 0.6) is 0 Å². The van der Waals surface area contributed by atoms with Crippen molar-refractivity contribution < 1.29 is 9.31 Å². The molecule has 6 heteroatoms. The summed E-state index contributed by atoms with van der Waals surface area (Å²) in [5.74, 6) is -0.650. The van der Waals surface area contributed by atoms with E-state index in [4.69, 9.17) is 11.6 Å². The average Bonchev–Trinajstić information content (AvgIpc) is 2.20. The minimum atomic E-state index is -0.650. The molecule has 0 radical (unpaired) electrons. The molecule has 0 spiro atoms. The lowest BCUT2D eigenvalue weighted by molar-refractivity contribution is -0.384. The number of rotatable bonds is 3. The van der Waals surface area contributed by atoms with Gasteiger partial charge < -0.3 is 5.32 Å². The molecule has 0 atom stereocenters. The van der Waals surface area contributed by atoms with E-state index in [9.17, 15) is 14.5 Å². The lowest BCUT2D eigenvalue weighted by Crippen LogP contribution is -2.41. The Labute approximate surface area is 103 Å². The number of anilines is 1. The molecule has 0 heterocycles. The minimum absolute atomic E-state index is 0.176. The Morgan fingerprint density at radius 2 is 2.18 bits per heavy atom. The second-order valence-corrected chi connectivity index (χ2v) is 4.99. The van der Waals surface area contributed by atoms with E-state index in [1.165, 1.54) is 0 Å². The van der Waals surface area contributed by atoms with E-state index in [0.717, 1.165) is 31.4 Å². The highest BCUT2D eigenvalue weighted by Gasteiger charge is 2.33. The van der Waals surface area contributed by atoms with Gasteiger partial charge >= 0.3 is 0 Å². The zero-order chi connectivity index (χ0) is 12.6. The zero-order valence-corrected chi connectivity index (χ0v) is 10.1. The predicted octanol–water partition coefficient (Wildman–Crippen LogP) is 3.74.